The Kier molecular flexibility index (Phi) is 4.06. The van der Waals surface area contributed by atoms with Gasteiger partial charge in [-0.3, -0.25) is 0 Å². The van der Waals surface area contributed by atoms with E-state index < -0.39 is 0 Å². The van der Waals surface area contributed by atoms with E-state index in [-0.39, 0.29) is 0 Å². The molecule has 3 unspecified atom stereocenters. The van der Waals surface area contributed by atoms with Gasteiger partial charge in [0, 0.05) is 12.1 Å². The average Bonchev–Trinajstić information content (AvgIpc) is 2.32. The van der Waals surface area contributed by atoms with Gasteiger partial charge in [0.2, 0.25) is 0 Å². The monoisotopic (exact) mass is 233 g/mol. The van der Waals surface area contributed by atoms with Crippen molar-refractivity contribution in [3.8, 4) is 5.75 Å². The summed E-state index contributed by atoms with van der Waals surface area (Å²) >= 11 is 0. The summed E-state index contributed by atoms with van der Waals surface area (Å²) < 4.78 is 0. The molecule has 1 aliphatic carbocycles. The molecule has 2 rings (SSSR count). The van der Waals surface area contributed by atoms with Crippen LogP contribution in [0.25, 0.3) is 0 Å². The van der Waals surface area contributed by atoms with Crippen LogP contribution >= 0.6 is 0 Å². The maximum Gasteiger partial charge on any atom is 0.115 e. The first kappa shape index (κ1) is 12.4. The Labute approximate surface area is 104 Å². The highest BCUT2D eigenvalue weighted by Crippen LogP contribution is 2.26. The lowest BCUT2D eigenvalue weighted by atomic mass is 9.85. The van der Waals surface area contributed by atoms with Crippen molar-refractivity contribution in [3.63, 3.8) is 0 Å². The van der Waals surface area contributed by atoms with Crippen LogP contribution in [-0.2, 0) is 0 Å². The molecule has 0 radical (unpaired) electrons. The number of aromatic hydroxyl groups is 1. The Morgan fingerprint density at radius 1 is 1.29 bits per heavy atom. The Bertz CT molecular complexity index is 364. The first-order valence-electron chi connectivity index (χ1n) is 6.72. The second-order valence-electron chi connectivity index (χ2n) is 5.35. The van der Waals surface area contributed by atoms with Crippen molar-refractivity contribution in [2.45, 2.75) is 51.6 Å². The molecule has 1 saturated carbocycles. The van der Waals surface area contributed by atoms with E-state index in [1.807, 2.05) is 12.1 Å². The van der Waals surface area contributed by atoms with Gasteiger partial charge in [-0.2, -0.15) is 0 Å². The SMILES string of the molecule is CC(NC1CCCCC1C)c1cccc(O)c1. The molecule has 2 heteroatoms. The van der Waals surface area contributed by atoms with Crippen LogP contribution in [-0.4, -0.2) is 11.1 Å². The minimum absolute atomic E-state index is 0.313. The lowest BCUT2D eigenvalue weighted by Crippen LogP contribution is -2.38. The van der Waals surface area contributed by atoms with Crippen LogP contribution in [0, 0.1) is 5.92 Å². The molecule has 2 N–H and O–H groups in total. The summed E-state index contributed by atoms with van der Waals surface area (Å²) in [5.41, 5.74) is 1.17. The lowest BCUT2D eigenvalue weighted by molar-refractivity contribution is 0.263. The topological polar surface area (TPSA) is 32.3 Å². The van der Waals surface area contributed by atoms with Gasteiger partial charge >= 0.3 is 0 Å². The molecule has 0 aromatic heterocycles. The van der Waals surface area contributed by atoms with E-state index in [2.05, 4.69) is 25.2 Å². The summed E-state index contributed by atoms with van der Waals surface area (Å²) in [5.74, 6) is 1.12. The number of phenols is 1. The second-order valence-corrected chi connectivity index (χ2v) is 5.35. The predicted molar refractivity (Wildman–Crippen MR) is 71.1 cm³/mol. The largest absolute Gasteiger partial charge is 0.508 e. The summed E-state index contributed by atoms with van der Waals surface area (Å²) in [6.45, 7) is 4.52. The molecule has 94 valence electrons. The lowest BCUT2D eigenvalue weighted by Gasteiger charge is -2.32. The fourth-order valence-electron chi connectivity index (χ4n) is 2.78. The van der Waals surface area contributed by atoms with Crippen molar-refractivity contribution in [3.05, 3.63) is 29.8 Å². The zero-order valence-electron chi connectivity index (χ0n) is 10.8. The molecule has 1 aromatic rings. The highest BCUT2D eigenvalue weighted by Gasteiger charge is 2.22. The maximum absolute atomic E-state index is 9.49. The normalized spacial score (nSPS) is 26.7. The average molecular weight is 233 g/mol. The molecule has 0 aliphatic heterocycles. The molecule has 1 aromatic carbocycles. The van der Waals surface area contributed by atoms with Gasteiger partial charge in [0.25, 0.3) is 0 Å². The van der Waals surface area contributed by atoms with Gasteiger partial charge in [-0.25, -0.2) is 0 Å². The summed E-state index contributed by atoms with van der Waals surface area (Å²) in [4.78, 5) is 0. The highest BCUT2D eigenvalue weighted by molar-refractivity contribution is 5.29. The van der Waals surface area contributed by atoms with Crippen LogP contribution in [0.5, 0.6) is 5.75 Å². The molecule has 0 spiro atoms. The van der Waals surface area contributed by atoms with Crippen molar-refractivity contribution < 1.29 is 5.11 Å². The van der Waals surface area contributed by atoms with Gasteiger partial charge in [0.15, 0.2) is 0 Å². The third-order valence-corrected chi connectivity index (χ3v) is 3.95. The third kappa shape index (κ3) is 3.22. The van der Waals surface area contributed by atoms with E-state index in [1.54, 1.807) is 6.07 Å². The molecule has 1 aliphatic rings. The van der Waals surface area contributed by atoms with E-state index in [9.17, 15) is 5.11 Å². The van der Waals surface area contributed by atoms with Crippen LogP contribution in [0.1, 0.15) is 51.1 Å². The summed E-state index contributed by atoms with van der Waals surface area (Å²) in [5, 5.41) is 13.2. The van der Waals surface area contributed by atoms with Crippen LogP contribution < -0.4 is 5.32 Å². The van der Waals surface area contributed by atoms with Gasteiger partial charge in [0.05, 0.1) is 0 Å². The molecular formula is C15H23NO. The Morgan fingerprint density at radius 2 is 2.06 bits per heavy atom. The summed E-state index contributed by atoms with van der Waals surface area (Å²) in [7, 11) is 0. The molecule has 1 fully saturated rings. The molecule has 2 nitrogen and oxygen atoms in total. The molecule has 17 heavy (non-hydrogen) atoms. The fourth-order valence-corrected chi connectivity index (χ4v) is 2.78. The minimum atomic E-state index is 0.313. The van der Waals surface area contributed by atoms with Gasteiger partial charge < -0.3 is 10.4 Å². The highest BCUT2D eigenvalue weighted by atomic mass is 16.3. The van der Waals surface area contributed by atoms with E-state index in [1.165, 1.54) is 31.2 Å². The summed E-state index contributed by atoms with van der Waals surface area (Å²) in [6.07, 6.45) is 5.34. The molecule has 0 saturated heterocycles. The molecule has 3 atom stereocenters. The Hall–Kier alpha value is -1.02. The van der Waals surface area contributed by atoms with Crippen LogP contribution in [0.2, 0.25) is 0 Å². The van der Waals surface area contributed by atoms with Crippen molar-refractivity contribution in [2.24, 2.45) is 5.92 Å². The first-order valence-corrected chi connectivity index (χ1v) is 6.72. The number of hydrogen-bond donors (Lipinski definition) is 2. The Morgan fingerprint density at radius 3 is 2.76 bits per heavy atom. The van der Waals surface area contributed by atoms with Crippen molar-refractivity contribution in [1.82, 2.24) is 5.32 Å². The van der Waals surface area contributed by atoms with Gasteiger partial charge in [-0.15, -0.1) is 0 Å². The van der Waals surface area contributed by atoms with Crippen LogP contribution in [0.15, 0.2) is 24.3 Å². The smallest absolute Gasteiger partial charge is 0.115 e. The van der Waals surface area contributed by atoms with Crippen molar-refractivity contribution in [1.29, 1.82) is 0 Å². The van der Waals surface area contributed by atoms with Gasteiger partial charge in [-0.1, -0.05) is 31.9 Å². The number of hydrogen-bond acceptors (Lipinski definition) is 2. The van der Waals surface area contributed by atoms with Crippen molar-refractivity contribution in [2.75, 3.05) is 0 Å². The second kappa shape index (κ2) is 5.54. The van der Waals surface area contributed by atoms with Gasteiger partial charge in [0.1, 0.15) is 5.75 Å². The van der Waals surface area contributed by atoms with E-state index in [0.29, 0.717) is 17.8 Å². The van der Waals surface area contributed by atoms with E-state index >= 15 is 0 Å². The number of benzene rings is 1. The van der Waals surface area contributed by atoms with Crippen LogP contribution in [0.3, 0.4) is 0 Å². The minimum Gasteiger partial charge on any atom is -0.508 e. The quantitative estimate of drug-likeness (QED) is 0.835. The zero-order valence-corrected chi connectivity index (χ0v) is 10.8. The van der Waals surface area contributed by atoms with Crippen LogP contribution in [0.4, 0.5) is 0 Å². The maximum atomic E-state index is 9.49. The molecular weight excluding hydrogens is 210 g/mol. The zero-order chi connectivity index (χ0) is 12.3. The van der Waals surface area contributed by atoms with Crippen molar-refractivity contribution >= 4 is 0 Å². The molecule has 0 heterocycles. The van der Waals surface area contributed by atoms with E-state index in [4.69, 9.17) is 0 Å². The predicted octanol–water partition coefficient (Wildman–Crippen LogP) is 3.62. The Balaban J connectivity index is 1.98. The van der Waals surface area contributed by atoms with E-state index in [0.717, 1.165) is 5.92 Å². The molecule has 0 amide bonds. The number of rotatable bonds is 3. The van der Waals surface area contributed by atoms with Gasteiger partial charge in [-0.05, 0) is 43.4 Å². The third-order valence-electron chi connectivity index (χ3n) is 3.95. The number of phenolic OH excluding ortho intramolecular Hbond substituents is 1. The standard InChI is InChI=1S/C15H23NO/c1-11-6-3-4-9-15(11)16-12(2)13-7-5-8-14(17)10-13/h5,7-8,10-12,15-17H,3-4,6,9H2,1-2H3. The molecule has 0 bridgehead atoms. The number of nitrogens with one attached hydrogen (secondary N) is 1. The fraction of sp³-hybridized carbons (Fsp3) is 0.600. The first-order chi connectivity index (χ1) is 8.16. The summed E-state index contributed by atoms with van der Waals surface area (Å²) in [6, 6.07) is 8.50.